The van der Waals surface area contributed by atoms with E-state index in [4.69, 9.17) is 0 Å². The summed E-state index contributed by atoms with van der Waals surface area (Å²) in [5, 5.41) is 12.5. The van der Waals surface area contributed by atoms with Gasteiger partial charge in [0.1, 0.15) is 6.04 Å². The highest BCUT2D eigenvalue weighted by molar-refractivity contribution is 7.89. The number of anilines is 1. The molecule has 1 amide bonds. The van der Waals surface area contributed by atoms with Crippen LogP contribution >= 0.6 is 11.3 Å². The van der Waals surface area contributed by atoms with Gasteiger partial charge in [-0.25, -0.2) is 13.4 Å². The van der Waals surface area contributed by atoms with Crippen LogP contribution in [0.5, 0.6) is 0 Å². The van der Waals surface area contributed by atoms with Crippen molar-refractivity contribution in [1.29, 1.82) is 0 Å². The zero-order valence-corrected chi connectivity index (χ0v) is 20.6. The van der Waals surface area contributed by atoms with Gasteiger partial charge >= 0.3 is 5.97 Å². The van der Waals surface area contributed by atoms with Gasteiger partial charge in [0, 0.05) is 5.69 Å². The van der Waals surface area contributed by atoms with Gasteiger partial charge in [-0.2, -0.15) is 4.72 Å². The van der Waals surface area contributed by atoms with Crippen LogP contribution in [0.4, 0.5) is 5.69 Å². The Morgan fingerprint density at radius 3 is 2.09 bits per heavy atom. The molecular formula is C25H23N3O5S2. The highest BCUT2D eigenvalue weighted by Crippen LogP contribution is 2.25. The molecule has 8 nitrogen and oxygen atoms in total. The molecule has 0 saturated carbocycles. The molecule has 1 heterocycles. The predicted molar refractivity (Wildman–Crippen MR) is 136 cm³/mol. The molecule has 0 spiro atoms. The van der Waals surface area contributed by atoms with Gasteiger partial charge in [0.15, 0.2) is 5.01 Å². The Kier molecular flexibility index (Phi) is 6.97. The molecule has 1 aromatic heterocycles. The lowest BCUT2D eigenvalue weighted by molar-refractivity contribution is -0.140. The molecule has 0 aliphatic carbocycles. The minimum atomic E-state index is -3.99. The van der Waals surface area contributed by atoms with Gasteiger partial charge in [-0.15, -0.1) is 11.3 Å². The first-order chi connectivity index (χ1) is 16.6. The summed E-state index contributed by atoms with van der Waals surface area (Å²) < 4.78 is 28.4. The van der Waals surface area contributed by atoms with Crippen LogP contribution in [0.15, 0.2) is 77.7 Å². The second-order valence-corrected chi connectivity index (χ2v) is 11.0. The third-order valence-corrected chi connectivity index (χ3v) is 7.84. The number of aliphatic carboxylic acids is 1. The Morgan fingerprint density at radius 2 is 1.51 bits per heavy atom. The van der Waals surface area contributed by atoms with Crippen LogP contribution in [0.2, 0.25) is 0 Å². The number of carboxylic acids is 1. The Bertz CT molecular complexity index is 1440. The molecule has 3 aromatic carbocycles. The number of nitrogens with zero attached hydrogens (tertiary/aromatic N) is 1. The van der Waals surface area contributed by atoms with Gasteiger partial charge in [0.2, 0.25) is 10.0 Å². The maximum absolute atomic E-state index is 12.6. The third kappa shape index (κ3) is 5.56. The lowest BCUT2D eigenvalue weighted by Gasteiger charge is -2.18. The fraction of sp³-hybridized carbons (Fsp3) is 0.160. The van der Waals surface area contributed by atoms with E-state index in [1.165, 1.54) is 23.5 Å². The Hall–Kier alpha value is -3.60. The van der Waals surface area contributed by atoms with E-state index < -0.39 is 28.0 Å². The number of amides is 1. The molecule has 0 radical (unpaired) electrons. The number of benzene rings is 3. The van der Waals surface area contributed by atoms with Crippen LogP contribution in [0.1, 0.15) is 23.6 Å². The van der Waals surface area contributed by atoms with Crippen LogP contribution in [-0.2, 0) is 14.8 Å². The molecule has 0 saturated heterocycles. The van der Waals surface area contributed by atoms with Crippen molar-refractivity contribution in [2.24, 2.45) is 5.92 Å². The van der Waals surface area contributed by atoms with Gasteiger partial charge in [-0.05, 0) is 53.4 Å². The van der Waals surface area contributed by atoms with Crippen LogP contribution in [0.25, 0.3) is 21.3 Å². The second kappa shape index (κ2) is 9.95. The standard InChI is InChI=1S/C25H23N3O5S2/c1-15(2)22(25(30)31)28-35(32,33)19-13-9-17(10-14-19)16-7-11-18(12-8-16)26-23(29)24-27-20-5-3-4-6-21(20)34-24/h3-15,22,28H,1-2H3,(H,26,29)(H,30,31). The highest BCUT2D eigenvalue weighted by Gasteiger charge is 2.28. The number of carboxylic acid groups (broad SMARTS) is 1. The van der Waals surface area contributed by atoms with Gasteiger partial charge in [-0.1, -0.05) is 50.2 Å². The molecule has 4 aromatic rings. The predicted octanol–water partition coefficient (Wildman–Crippen LogP) is 4.60. The minimum absolute atomic E-state index is 0.0205. The average molecular weight is 510 g/mol. The summed E-state index contributed by atoms with van der Waals surface area (Å²) in [4.78, 5) is 28.3. The highest BCUT2D eigenvalue weighted by atomic mass is 32.2. The van der Waals surface area contributed by atoms with Gasteiger partial charge in [0.05, 0.1) is 15.1 Å². The number of aromatic nitrogens is 1. The Labute approximate surface area is 206 Å². The number of rotatable bonds is 8. The van der Waals surface area contributed by atoms with Crippen molar-refractivity contribution in [2.75, 3.05) is 5.32 Å². The number of carbonyl (C=O) groups is 2. The van der Waals surface area contributed by atoms with Crippen LogP contribution < -0.4 is 10.0 Å². The van der Waals surface area contributed by atoms with Crippen molar-refractivity contribution in [3.63, 3.8) is 0 Å². The summed E-state index contributed by atoms with van der Waals surface area (Å²) in [6.45, 7) is 3.27. The molecular weight excluding hydrogens is 486 g/mol. The van der Waals surface area contributed by atoms with Crippen LogP contribution in [0, 0.1) is 5.92 Å². The first-order valence-electron chi connectivity index (χ1n) is 10.8. The number of fused-ring (bicyclic) bond motifs is 1. The van der Waals surface area contributed by atoms with E-state index in [0.717, 1.165) is 21.3 Å². The largest absolute Gasteiger partial charge is 0.480 e. The Morgan fingerprint density at radius 1 is 0.914 bits per heavy atom. The summed E-state index contributed by atoms with van der Waals surface area (Å²) in [5.41, 5.74) is 2.98. The summed E-state index contributed by atoms with van der Waals surface area (Å²) >= 11 is 1.32. The summed E-state index contributed by atoms with van der Waals surface area (Å²) in [6.07, 6.45) is 0. The van der Waals surface area contributed by atoms with Gasteiger partial charge < -0.3 is 10.4 Å². The molecule has 1 atom stereocenters. The number of para-hydroxylation sites is 1. The average Bonchev–Trinajstić information content (AvgIpc) is 3.27. The van der Waals surface area contributed by atoms with Crippen molar-refractivity contribution in [2.45, 2.75) is 24.8 Å². The lowest BCUT2D eigenvalue weighted by Crippen LogP contribution is -2.44. The molecule has 10 heteroatoms. The molecule has 180 valence electrons. The van der Waals surface area contributed by atoms with Crippen LogP contribution in [0.3, 0.4) is 0 Å². The quantitative estimate of drug-likeness (QED) is 0.319. The number of hydrogen-bond acceptors (Lipinski definition) is 6. The maximum atomic E-state index is 12.6. The molecule has 0 aliphatic rings. The summed E-state index contributed by atoms with van der Waals surface area (Å²) in [6, 6.07) is 19.6. The zero-order valence-electron chi connectivity index (χ0n) is 18.9. The second-order valence-electron chi connectivity index (χ2n) is 8.22. The van der Waals surface area contributed by atoms with Crippen molar-refractivity contribution in [3.05, 3.63) is 77.8 Å². The minimum Gasteiger partial charge on any atom is -0.480 e. The van der Waals surface area contributed by atoms with Gasteiger partial charge in [-0.3, -0.25) is 9.59 Å². The SMILES string of the molecule is CC(C)C(NS(=O)(=O)c1ccc(-c2ccc(NC(=O)c3nc4ccccc4s3)cc2)cc1)C(=O)O. The van der Waals surface area contributed by atoms with E-state index in [1.807, 2.05) is 36.4 Å². The van der Waals surface area contributed by atoms with E-state index in [-0.39, 0.29) is 10.8 Å². The summed E-state index contributed by atoms with van der Waals surface area (Å²) in [7, 11) is -3.99. The van der Waals surface area contributed by atoms with E-state index in [1.54, 1.807) is 38.1 Å². The van der Waals surface area contributed by atoms with Crippen molar-refractivity contribution < 1.29 is 23.1 Å². The monoisotopic (exact) mass is 509 g/mol. The molecule has 4 rings (SSSR count). The normalized spacial score (nSPS) is 12.5. The fourth-order valence-electron chi connectivity index (χ4n) is 3.43. The smallest absolute Gasteiger partial charge is 0.322 e. The topological polar surface area (TPSA) is 125 Å². The molecule has 3 N–H and O–H groups in total. The van der Waals surface area contributed by atoms with Crippen molar-refractivity contribution >= 4 is 49.1 Å². The van der Waals surface area contributed by atoms with Gasteiger partial charge in [0.25, 0.3) is 5.91 Å². The van der Waals surface area contributed by atoms with E-state index in [0.29, 0.717) is 10.7 Å². The molecule has 35 heavy (non-hydrogen) atoms. The molecule has 0 bridgehead atoms. The molecule has 0 aliphatic heterocycles. The zero-order chi connectivity index (χ0) is 25.2. The van der Waals surface area contributed by atoms with Crippen LogP contribution in [-0.4, -0.2) is 36.4 Å². The number of thiazole rings is 1. The van der Waals surface area contributed by atoms with Crippen molar-refractivity contribution in [1.82, 2.24) is 9.71 Å². The number of sulfonamides is 1. The van der Waals surface area contributed by atoms with E-state index in [2.05, 4.69) is 15.0 Å². The Balaban J connectivity index is 1.45. The van der Waals surface area contributed by atoms with E-state index in [9.17, 15) is 23.1 Å². The fourth-order valence-corrected chi connectivity index (χ4v) is 5.63. The van der Waals surface area contributed by atoms with E-state index >= 15 is 0 Å². The van der Waals surface area contributed by atoms with Crippen molar-refractivity contribution in [3.8, 4) is 11.1 Å². The number of hydrogen-bond donors (Lipinski definition) is 3. The molecule has 0 fully saturated rings. The summed E-state index contributed by atoms with van der Waals surface area (Å²) in [5.74, 6) is -1.92. The first kappa shape index (κ1) is 24.5. The number of carbonyl (C=O) groups excluding carboxylic acids is 1. The number of nitrogens with one attached hydrogen (secondary N) is 2. The maximum Gasteiger partial charge on any atom is 0.322 e. The first-order valence-corrected chi connectivity index (χ1v) is 13.1. The third-order valence-electron chi connectivity index (χ3n) is 5.34. The molecule has 1 unspecified atom stereocenters. The lowest BCUT2D eigenvalue weighted by atomic mass is 10.1.